The zero-order valence-corrected chi connectivity index (χ0v) is 13.4. The fourth-order valence-electron chi connectivity index (χ4n) is 1.86. The molecule has 0 aromatic carbocycles. The Morgan fingerprint density at radius 3 is 2.58 bits per heavy atom. The summed E-state index contributed by atoms with van der Waals surface area (Å²) in [6, 6.07) is 2.09. The van der Waals surface area contributed by atoms with E-state index in [9.17, 15) is 0 Å². The highest BCUT2D eigenvalue weighted by atomic mass is 16.3. The zero-order valence-electron chi connectivity index (χ0n) is 13.4. The Labute approximate surface area is 118 Å². The van der Waals surface area contributed by atoms with Gasteiger partial charge in [-0.1, -0.05) is 13.8 Å². The molecule has 1 heterocycles. The van der Waals surface area contributed by atoms with E-state index in [0.717, 1.165) is 31.3 Å². The summed E-state index contributed by atoms with van der Waals surface area (Å²) in [5, 5.41) is 3.48. The number of nitrogens with one attached hydrogen (secondary N) is 1. The molecule has 0 atom stereocenters. The molecule has 0 saturated carbocycles. The molecular weight excluding hydrogens is 236 g/mol. The topological polar surface area (TPSA) is 28.4 Å². The maximum absolute atomic E-state index is 5.60. The zero-order chi connectivity index (χ0) is 14.5. The number of furan rings is 1. The minimum absolute atomic E-state index is 0.119. The van der Waals surface area contributed by atoms with Crippen molar-refractivity contribution in [2.75, 3.05) is 13.6 Å². The van der Waals surface area contributed by atoms with E-state index in [1.807, 2.05) is 0 Å². The average molecular weight is 266 g/mol. The molecule has 1 aromatic heterocycles. The number of hydrogen-bond acceptors (Lipinski definition) is 3. The van der Waals surface area contributed by atoms with Crippen LogP contribution in [0, 0.1) is 5.92 Å². The molecule has 1 rings (SSSR count). The second-order valence-corrected chi connectivity index (χ2v) is 6.89. The molecule has 0 aliphatic carbocycles. The predicted molar refractivity (Wildman–Crippen MR) is 81.1 cm³/mol. The molecular formula is C16H30N2O. The van der Waals surface area contributed by atoms with Crippen molar-refractivity contribution in [3.8, 4) is 0 Å². The molecule has 0 radical (unpaired) electrons. The van der Waals surface area contributed by atoms with Crippen molar-refractivity contribution in [2.24, 2.45) is 5.92 Å². The van der Waals surface area contributed by atoms with Gasteiger partial charge in [-0.3, -0.25) is 0 Å². The van der Waals surface area contributed by atoms with Crippen LogP contribution in [0.2, 0.25) is 0 Å². The lowest BCUT2D eigenvalue weighted by molar-refractivity contribution is 0.298. The van der Waals surface area contributed by atoms with Crippen molar-refractivity contribution in [3.05, 3.63) is 23.7 Å². The summed E-state index contributed by atoms with van der Waals surface area (Å²) in [6.45, 7) is 13.9. The van der Waals surface area contributed by atoms with Gasteiger partial charge >= 0.3 is 0 Å². The van der Waals surface area contributed by atoms with E-state index < -0.39 is 0 Å². The highest BCUT2D eigenvalue weighted by molar-refractivity contribution is 5.17. The molecule has 19 heavy (non-hydrogen) atoms. The fraction of sp³-hybridized carbons (Fsp3) is 0.750. The lowest BCUT2D eigenvalue weighted by Gasteiger charge is -2.21. The van der Waals surface area contributed by atoms with E-state index in [0.29, 0.717) is 0 Å². The molecule has 0 fully saturated rings. The van der Waals surface area contributed by atoms with Gasteiger partial charge in [0.1, 0.15) is 5.76 Å². The SMILES string of the molecule is CC(C)CCN(C)Cc1ccoc1CNC(C)(C)C. The minimum atomic E-state index is 0.119. The lowest BCUT2D eigenvalue weighted by atomic mass is 10.1. The average Bonchev–Trinajstić information content (AvgIpc) is 2.70. The third-order valence-corrected chi connectivity index (χ3v) is 3.15. The molecule has 1 N–H and O–H groups in total. The van der Waals surface area contributed by atoms with Crippen LogP contribution < -0.4 is 5.32 Å². The quantitative estimate of drug-likeness (QED) is 0.816. The summed E-state index contributed by atoms with van der Waals surface area (Å²) < 4.78 is 5.60. The Kier molecular flexibility index (Phi) is 6.08. The van der Waals surface area contributed by atoms with Crippen LogP contribution in [0.5, 0.6) is 0 Å². The van der Waals surface area contributed by atoms with Gasteiger partial charge in [0.2, 0.25) is 0 Å². The molecule has 0 aliphatic rings. The second-order valence-electron chi connectivity index (χ2n) is 6.89. The van der Waals surface area contributed by atoms with Crippen LogP contribution in [-0.4, -0.2) is 24.0 Å². The molecule has 3 nitrogen and oxygen atoms in total. The number of hydrogen-bond donors (Lipinski definition) is 1. The molecule has 3 heteroatoms. The molecule has 1 aromatic rings. The van der Waals surface area contributed by atoms with Crippen LogP contribution >= 0.6 is 0 Å². The van der Waals surface area contributed by atoms with Crippen molar-refractivity contribution in [1.82, 2.24) is 10.2 Å². The van der Waals surface area contributed by atoms with E-state index in [1.54, 1.807) is 6.26 Å². The molecule has 0 saturated heterocycles. The van der Waals surface area contributed by atoms with Gasteiger partial charge in [-0.25, -0.2) is 0 Å². The van der Waals surface area contributed by atoms with E-state index in [-0.39, 0.29) is 5.54 Å². The number of nitrogens with zero attached hydrogens (tertiary/aromatic N) is 1. The highest BCUT2D eigenvalue weighted by Crippen LogP contribution is 2.14. The highest BCUT2D eigenvalue weighted by Gasteiger charge is 2.13. The smallest absolute Gasteiger partial charge is 0.122 e. The first-order valence-corrected chi connectivity index (χ1v) is 7.27. The van der Waals surface area contributed by atoms with Crippen LogP contribution in [0.25, 0.3) is 0 Å². The molecule has 110 valence electrons. The van der Waals surface area contributed by atoms with Gasteiger partial charge in [0.25, 0.3) is 0 Å². The molecule has 0 amide bonds. The maximum Gasteiger partial charge on any atom is 0.122 e. The Bertz CT molecular complexity index is 363. The van der Waals surface area contributed by atoms with Gasteiger partial charge in [0.15, 0.2) is 0 Å². The normalized spacial score (nSPS) is 12.6. The summed E-state index contributed by atoms with van der Waals surface area (Å²) in [5.74, 6) is 1.82. The third kappa shape index (κ3) is 6.79. The molecule has 0 bridgehead atoms. The van der Waals surface area contributed by atoms with Crippen LogP contribution in [-0.2, 0) is 13.1 Å². The van der Waals surface area contributed by atoms with E-state index in [4.69, 9.17) is 4.42 Å². The summed E-state index contributed by atoms with van der Waals surface area (Å²) in [4.78, 5) is 2.37. The molecule has 0 aliphatic heterocycles. The maximum atomic E-state index is 5.60. The van der Waals surface area contributed by atoms with Crippen LogP contribution in [0.1, 0.15) is 52.4 Å². The van der Waals surface area contributed by atoms with Crippen molar-refractivity contribution in [3.63, 3.8) is 0 Å². The first-order valence-electron chi connectivity index (χ1n) is 7.27. The van der Waals surface area contributed by atoms with Crippen molar-refractivity contribution in [2.45, 2.75) is 59.7 Å². The fourth-order valence-corrected chi connectivity index (χ4v) is 1.86. The summed E-state index contributed by atoms with van der Waals surface area (Å²) in [6.07, 6.45) is 3.04. The van der Waals surface area contributed by atoms with Crippen LogP contribution in [0.15, 0.2) is 16.7 Å². The predicted octanol–water partition coefficient (Wildman–Crippen LogP) is 3.65. The molecule has 0 unspecified atom stereocenters. The minimum Gasteiger partial charge on any atom is -0.468 e. The van der Waals surface area contributed by atoms with Gasteiger partial charge in [-0.2, -0.15) is 0 Å². The van der Waals surface area contributed by atoms with Crippen molar-refractivity contribution < 1.29 is 4.42 Å². The van der Waals surface area contributed by atoms with E-state index >= 15 is 0 Å². The van der Waals surface area contributed by atoms with Gasteiger partial charge in [0.05, 0.1) is 12.8 Å². The first kappa shape index (κ1) is 16.3. The standard InChI is InChI=1S/C16H30N2O/c1-13(2)7-9-18(6)12-14-8-10-19-15(14)11-17-16(3,4)5/h8,10,13,17H,7,9,11-12H2,1-6H3. The number of rotatable bonds is 7. The summed E-state index contributed by atoms with van der Waals surface area (Å²) in [5.41, 5.74) is 1.41. The Morgan fingerprint density at radius 1 is 1.32 bits per heavy atom. The van der Waals surface area contributed by atoms with Gasteiger partial charge < -0.3 is 14.6 Å². The molecule has 0 spiro atoms. The van der Waals surface area contributed by atoms with Gasteiger partial charge in [-0.05, 0) is 52.8 Å². The monoisotopic (exact) mass is 266 g/mol. The summed E-state index contributed by atoms with van der Waals surface area (Å²) in [7, 11) is 2.18. The largest absolute Gasteiger partial charge is 0.468 e. The Morgan fingerprint density at radius 2 is 2.00 bits per heavy atom. The lowest BCUT2D eigenvalue weighted by Crippen LogP contribution is -2.35. The first-order chi connectivity index (χ1) is 8.78. The van der Waals surface area contributed by atoms with E-state index in [2.05, 4.69) is 57.9 Å². The van der Waals surface area contributed by atoms with Crippen LogP contribution in [0.3, 0.4) is 0 Å². The van der Waals surface area contributed by atoms with Crippen molar-refractivity contribution in [1.29, 1.82) is 0 Å². The summed E-state index contributed by atoms with van der Waals surface area (Å²) >= 11 is 0. The Hall–Kier alpha value is -0.800. The van der Waals surface area contributed by atoms with Crippen LogP contribution in [0.4, 0.5) is 0 Å². The second kappa shape index (κ2) is 7.11. The van der Waals surface area contributed by atoms with Crippen molar-refractivity contribution >= 4 is 0 Å². The van der Waals surface area contributed by atoms with Gasteiger partial charge in [-0.15, -0.1) is 0 Å². The van der Waals surface area contributed by atoms with E-state index in [1.165, 1.54) is 12.0 Å². The third-order valence-electron chi connectivity index (χ3n) is 3.15. The van der Waals surface area contributed by atoms with Gasteiger partial charge in [0, 0.05) is 17.6 Å². The Balaban J connectivity index is 2.48.